The third-order valence-corrected chi connectivity index (χ3v) is 5.56. The van der Waals surface area contributed by atoms with Crippen molar-refractivity contribution in [3.05, 3.63) is 23.0 Å². The van der Waals surface area contributed by atoms with Crippen LogP contribution in [0.2, 0.25) is 0 Å². The number of unbranched alkanes of at least 4 members (excludes halogenated alkanes) is 14. The second-order valence-corrected chi connectivity index (χ2v) is 8.09. The number of nitrogens with one attached hydrogen (secondary N) is 1. The summed E-state index contributed by atoms with van der Waals surface area (Å²) in [7, 11) is 0. The Labute approximate surface area is 162 Å². The molecule has 0 atom stereocenters. The number of carbonyl (C=O) groups is 1. The van der Waals surface area contributed by atoms with Crippen molar-refractivity contribution in [2.75, 3.05) is 0 Å². The van der Waals surface area contributed by atoms with Gasteiger partial charge in [0.25, 0.3) is 0 Å². The van der Waals surface area contributed by atoms with Gasteiger partial charge in [0.1, 0.15) is 0 Å². The van der Waals surface area contributed by atoms with E-state index in [-0.39, 0.29) is 0 Å². The summed E-state index contributed by atoms with van der Waals surface area (Å²) in [5.41, 5.74) is 3.04. The predicted molar refractivity (Wildman–Crippen MR) is 114 cm³/mol. The maximum atomic E-state index is 12.3. The van der Waals surface area contributed by atoms with Crippen molar-refractivity contribution in [1.82, 2.24) is 4.98 Å². The topological polar surface area (TPSA) is 32.9 Å². The molecule has 0 aliphatic rings. The predicted octanol–water partition coefficient (Wildman–Crippen LogP) is 8.08. The van der Waals surface area contributed by atoms with Crippen molar-refractivity contribution in [2.45, 2.75) is 124 Å². The lowest BCUT2D eigenvalue weighted by atomic mass is 10.0. The fourth-order valence-corrected chi connectivity index (χ4v) is 3.87. The monoisotopic (exact) mass is 361 g/mol. The van der Waals surface area contributed by atoms with Gasteiger partial charge in [-0.2, -0.15) is 0 Å². The van der Waals surface area contributed by atoms with E-state index in [1.807, 2.05) is 20.0 Å². The molecule has 1 rings (SSSR count). The Morgan fingerprint density at radius 2 is 1.15 bits per heavy atom. The van der Waals surface area contributed by atoms with Gasteiger partial charge in [0.2, 0.25) is 0 Å². The first-order valence-electron chi connectivity index (χ1n) is 11.3. The maximum Gasteiger partial charge on any atom is 0.164 e. The Balaban J connectivity index is 1.84. The highest BCUT2D eigenvalue weighted by Gasteiger charge is 2.12. The molecule has 1 aromatic heterocycles. The molecular formula is C24H43NO. The van der Waals surface area contributed by atoms with Gasteiger partial charge in [-0.25, -0.2) is 0 Å². The molecule has 2 nitrogen and oxygen atoms in total. The summed E-state index contributed by atoms with van der Waals surface area (Å²) in [6.07, 6.45) is 23.1. The average Bonchev–Trinajstić information content (AvgIpc) is 2.96. The smallest absolute Gasteiger partial charge is 0.164 e. The van der Waals surface area contributed by atoms with E-state index < -0.39 is 0 Å². The van der Waals surface area contributed by atoms with Gasteiger partial charge in [0.15, 0.2) is 5.78 Å². The zero-order valence-electron chi connectivity index (χ0n) is 17.8. The number of hydrogen-bond acceptors (Lipinski definition) is 1. The number of hydrogen-bond donors (Lipinski definition) is 1. The van der Waals surface area contributed by atoms with Crippen LogP contribution in [0.1, 0.15) is 131 Å². The molecule has 1 heterocycles. The normalized spacial score (nSPS) is 11.2. The molecule has 0 bridgehead atoms. The first-order valence-corrected chi connectivity index (χ1v) is 11.3. The highest BCUT2D eigenvalue weighted by atomic mass is 16.1. The number of H-pyrrole nitrogens is 1. The Bertz CT molecular complexity index is 455. The van der Waals surface area contributed by atoms with Gasteiger partial charge in [-0.1, -0.05) is 96.8 Å². The lowest BCUT2D eigenvalue weighted by Gasteiger charge is -2.04. The van der Waals surface area contributed by atoms with Gasteiger partial charge in [0.05, 0.1) is 0 Å². The van der Waals surface area contributed by atoms with E-state index >= 15 is 0 Å². The fourth-order valence-electron chi connectivity index (χ4n) is 3.87. The second-order valence-electron chi connectivity index (χ2n) is 8.09. The molecule has 0 aliphatic heterocycles. The quantitative estimate of drug-likeness (QED) is 0.221. The molecule has 0 aliphatic carbocycles. The molecule has 2 heteroatoms. The van der Waals surface area contributed by atoms with Crippen molar-refractivity contribution in [2.24, 2.45) is 0 Å². The summed E-state index contributed by atoms with van der Waals surface area (Å²) in [5, 5.41) is 0. The van der Waals surface area contributed by atoms with Crippen LogP contribution in [-0.2, 0) is 0 Å². The van der Waals surface area contributed by atoms with Gasteiger partial charge >= 0.3 is 0 Å². The van der Waals surface area contributed by atoms with Crippen LogP contribution in [0.3, 0.4) is 0 Å². The van der Waals surface area contributed by atoms with Crippen LogP contribution in [0.5, 0.6) is 0 Å². The standard InChI is InChI=1S/C24H43NO/c1-4-5-6-7-8-9-10-11-12-13-14-15-16-17-18-19-23(26)24-21(2)20-25-22(24)3/h20,25H,4-19H2,1-3H3. The van der Waals surface area contributed by atoms with Gasteiger partial charge in [-0.3, -0.25) is 4.79 Å². The zero-order chi connectivity index (χ0) is 19.0. The van der Waals surface area contributed by atoms with E-state index in [2.05, 4.69) is 11.9 Å². The first kappa shape index (κ1) is 23.0. The van der Waals surface area contributed by atoms with Crippen molar-refractivity contribution in [1.29, 1.82) is 0 Å². The Morgan fingerprint density at radius 3 is 1.54 bits per heavy atom. The molecule has 26 heavy (non-hydrogen) atoms. The minimum atomic E-state index is 0.316. The zero-order valence-corrected chi connectivity index (χ0v) is 17.8. The summed E-state index contributed by atoms with van der Waals surface area (Å²) in [5.74, 6) is 0.316. The molecule has 0 fully saturated rings. The van der Waals surface area contributed by atoms with Crippen molar-refractivity contribution in [3.8, 4) is 0 Å². The minimum absolute atomic E-state index is 0.316. The van der Waals surface area contributed by atoms with Crippen molar-refractivity contribution in [3.63, 3.8) is 0 Å². The van der Waals surface area contributed by atoms with Gasteiger partial charge in [-0.05, 0) is 25.8 Å². The molecule has 0 aromatic carbocycles. The number of aromatic amines is 1. The minimum Gasteiger partial charge on any atom is -0.364 e. The number of aromatic nitrogens is 1. The van der Waals surface area contributed by atoms with Crippen molar-refractivity contribution < 1.29 is 4.79 Å². The van der Waals surface area contributed by atoms with Crippen LogP contribution in [0.25, 0.3) is 0 Å². The highest BCUT2D eigenvalue weighted by molar-refractivity contribution is 5.98. The lowest BCUT2D eigenvalue weighted by Crippen LogP contribution is -2.01. The van der Waals surface area contributed by atoms with E-state index in [0.717, 1.165) is 23.2 Å². The summed E-state index contributed by atoms with van der Waals surface area (Å²) in [6, 6.07) is 0. The van der Waals surface area contributed by atoms with E-state index in [9.17, 15) is 4.79 Å². The van der Waals surface area contributed by atoms with Crippen LogP contribution < -0.4 is 0 Å². The van der Waals surface area contributed by atoms with Crippen LogP contribution in [-0.4, -0.2) is 10.8 Å². The molecule has 0 unspecified atom stereocenters. The third kappa shape index (κ3) is 10.2. The Kier molecular flexibility index (Phi) is 13.3. The summed E-state index contributed by atoms with van der Waals surface area (Å²) in [6.45, 7) is 6.29. The fraction of sp³-hybridized carbons (Fsp3) is 0.792. The highest BCUT2D eigenvalue weighted by Crippen LogP contribution is 2.17. The Hall–Kier alpha value is -1.05. The van der Waals surface area contributed by atoms with Crippen LogP contribution in [0, 0.1) is 13.8 Å². The molecule has 0 radical (unpaired) electrons. The second kappa shape index (κ2) is 15.1. The summed E-state index contributed by atoms with van der Waals surface area (Å²) < 4.78 is 0. The summed E-state index contributed by atoms with van der Waals surface area (Å²) in [4.78, 5) is 15.4. The largest absolute Gasteiger partial charge is 0.364 e. The van der Waals surface area contributed by atoms with E-state index in [4.69, 9.17) is 0 Å². The molecule has 0 saturated carbocycles. The first-order chi connectivity index (χ1) is 12.7. The Morgan fingerprint density at radius 1 is 0.731 bits per heavy atom. The number of rotatable bonds is 17. The number of Topliss-reactive ketones (excluding diaryl/α,β-unsaturated/α-hetero) is 1. The van der Waals surface area contributed by atoms with Crippen molar-refractivity contribution >= 4 is 5.78 Å². The SMILES string of the molecule is CCCCCCCCCCCCCCCCCC(=O)c1c(C)c[nH]c1C. The lowest BCUT2D eigenvalue weighted by molar-refractivity contribution is 0.0978. The number of ketones is 1. The molecule has 1 N–H and O–H groups in total. The summed E-state index contributed by atoms with van der Waals surface area (Å²) >= 11 is 0. The van der Waals surface area contributed by atoms with Crippen LogP contribution in [0.15, 0.2) is 6.20 Å². The molecule has 1 aromatic rings. The molecule has 0 spiro atoms. The molecule has 0 amide bonds. The maximum absolute atomic E-state index is 12.3. The third-order valence-electron chi connectivity index (χ3n) is 5.56. The van der Waals surface area contributed by atoms with Crippen LogP contribution >= 0.6 is 0 Å². The molecule has 150 valence electrons. The molecular weight excluding hydrogens is 318 g/mol. The van der Waals surface area contributed by atoms with Gasteiger partial charge in [0, 0.05) is 23.9 Å². The van der Waals surface area contributed by atoms with Crippen LogP contribution in [0.4, 0.5) is 0 Å². The number of carbonyl (C=O) groups excluding carboxylic acids is 1. The van der Waals surface area contributed by atoms with Gasteiger partial charge in [-0.15, -0.1) is 0 Å². The van der Waals surface area contributed by atoms with Gasteiger partial charge < -0.3 is 4.98 Å². The van der Waals surface area contributed by atoms with E-state index in [1.165, 1.54) is 89.9 Å². The molecule has 0 saturated heterocycles. The number of aryl methyl sites for hydroxylation is 2. The van der Waals surface area contributed by atoms with E-state index in [0.29, 0.717) is 12.2 Å². The van der Waals surface area contributed by atoms with E-state index in [1.54, 1.807) is 0 Å². The average molecular weight is 362 g/mol.